The van der Waals surface area contributed by atoms with Crippen LogP contribution in [0.25, 0.3) is 0 Å². The smallest absolute Gasteiger partial charge is 0.244 e. The molecule has 0 aliphatic carbocycles. The molecule has 7 heteroatoms. The molecule has 0 saturated carbocycles. The van der Waals surface area contributed by atoms with Crippen LogP contribution in [0.15, 0.2) is 27.4 Å². The molecule has 1 aliphatic rings. The molecule has 0 amide bonds. The molecule has 3 N–H and O–H groups in total. The van der Waals surface area contributed by atoms with Gasteiger partial charge in [0, 0.05) is 10.6 Å². The van der Waals surface area contributed by atoms with E-state index in [4.69, 9.17) is 10.5 Å². The van der Waals surface area contributed by atoms with Crippen LogP contribution in [0.5, 0.6) is 5.88 Å². The number of ether oxygens (including phenoxy) is 1. The number of aryl methyl sites for hydroxylation is 1. The van der Waals surface area contributed by atoms with Crippen molar-refractivity contribution in [1.82, 2.24) is 10.2 Å². The molecule has 0 bridgehead atoms. The average molecular weight is 365 g/mol. The summed E-state index contributed by atoms with van der Waals surface area (Å²) in [7, 11) is 0. The molecular weight excluding hydrogens is 352 g/mol. The number of allylic oxidation sites excluding steroid dienone is 1. The summed E-state index contributed by atoms with van der Waals surface area (Å²) in [5.41, 5.74) is 8.27. The maximum Gasteiger partial charge on any atom is 0.244 e. The van der Waals surface area contributed by atoms with E-state index in [-0.39, 0.29) is 11.8 Å². The van der Waals surface area contributed by atoms with E-state index in [1.807, 2.05) is 12.1 Å². The quantitative estimate of drug-likeness (QED) is 0.873. The second-order valence-electron chi connectivity index (χ2n) is 4.74. The van der Waals surface area contributed by atoms with E-state index < -0.39 is 0 Å². The highest BCUT2D eigenvalue weighted by Crippen LogP contribution is 2.45. The predicted octanol–water partition coefficient (Wildman–Crippen LogP) is 3.40. The fraction of sp³-hybridized carbons (Fsp3) is 0.286. The number of fused-ring (bicyclic) bond motifs is 1. The van der Waals surface area contributed by atoms with Gasteiger partial charge in [-0.2, -0.15) is 5.26 Å². The van der Waals surface area contributed by atoms with Crippen LogP contribution in [0.4, 0.5) is 0 Å². The fourth-order valence-electron chi connectivity index (χ4n) is 2.52. The van der Waals surface area contributed by atoms with Crippen LogP contribution in [0.2, 0.25) is 0 Å². The number of H-pyrrole nitrogens is 1. The molecule has 3 rings (SSSR count). The highest BCUT2D eigenvalue weighted by molar-refractivity contribution is 9.11. The summed E-state index contributed by atoms with van der Waals surface area (Å²) >= 11 is 5.06. The number of nitrogens with two attached hydrogens (primary N) is 1. The summed E-state index contributed by atoms with van der Waals surface area (Å²) < 4.78 is 6.52. The Hall–Kier alpha value is -1.78. The number of hydrogen-bond donors (Lipinski definition) is 2. The Kier molecular flexibility index (Phi) is 3.74. The summed E-state index contributed by atoms with van der Waals surface area (Å²) in [6.07, 6.45) is 1.84. The normalized spacial score (nSPS) is 17.3. The molecule has 0 fully saturated rings. The topological polar surface area (TPSA) is 87.7 Å². The Morgan fingerprint density at radius 3 is 3.00 bits per heavy atom. The monoisotopic (exact) mass is 364 g/mol. The van der Waals surface area contributed by atoms with Gasteiger partial charge in [0.05, 0.1) is 15.3 Å². The Labute approximate surface area is 134 Å². The minimum absolute atomic E-state index is 0.133. The number of nitriles is 1. The minimum Gasteiger partial charge on any atom is -0.420 e. The van der Waals surface area contributed by atoms with Gasteiger partial charge < -0.3 is 10.5 Å². The van der Waals surface area contributed by atoms with Gasteiger partial charge in [-0.25, -0.2) is 0 Å². The fourth-order valence-corrected chi connectivity index (χ4v) is 4.06. The van der Waals surface area contributed by atoms with Gasteiger partial charge in [0.15, 0.2) is 0 Å². The maximum absolute atomic E-state index is 9.48. The first kappa shape index (κ1) is 14.2. The third-order valence-electron chi connectivity index (χ3n) is 3.40. The molecule has 0 radical (unpaired) electrons. The van der Waals surface area contributed by atoms with Gasteiger partial charge in [0.1, 0.15) is 11.6 Å². The summed E-state index contributed by atoms with van der Waals surface area (Å²) in [5, 5.41) is 16.7. The Balaban J connectivity index is 2.19. The van der Waals surface area contributed by atoms with Gasteiger partial charge in [0.2, 0.25) is 11.8 Å². The Morgan fingerprint density at radius 1 is 1.57 bits per heavy atom. The van der Waals surface area contributed by atoms with Gasteiger partial charge >= 0.3 is 0 Å². The molecular formula is C14H13BrN4OS. The lowest BCUT2D eigenvalue weighted by Gasteiger charge is -2.22. The van der Waals surface area contributed by atoms with Gasteiger partial charge in [0.25, 0.3) is 0 Å². The summed E-state index contributed by atoms with van der Waals surface area (Å²) in [4.78, 5) is 1.05. The standard InChI is InChI=1S/C14H13BrN4OS/c1-2-3-8-12-11(9-4-5-10(15)21-9)7(6-16)13(17)20-14(12)19-18-8/h4-5,11H,2-3,17H2,1H3,(H,18,19)/t11-/m0/s1. The van der Waals surface area contributed by atoms with Crippen molar-refractivity contribution in [2.24, 2.45) is 5.73 Å². The molecule has 0 aromatic carbocycles. The zero-order valence-electron chi connectivity index (χ0n) is 11.3. The van der Waals surface area contributed by atoms with Crippen LogP contribution in [0, 0.1) is 11.3 Å². The van der Waals surface area contributed by atoms with E-state index in [9.17, 15) is 5.26 Å². The summed E-state index contributed by atoms with van der Waals surface area (Å²) in [5.74, 6) is 0.397. The van der Waals surface area contributed by atoms with Crippen molar-refractivity contribution in [3.05, 3.63) is 43.5 Å². The molecule has 0 saturated heterocycles. The summed E-state index contributed by atoms with van der Waals surface area (Å²) in [6, 6.07) is 6.16. The summed E-state index contributed by atoms with van der Waals surface area (Å²) in [6.45, 7) is 2.10. The lowest BCUT2D eigenvalue weighted by molar-refractivity contribution is 0.379. The molecule has 5 nitrogen and oxygen atoms in total. The van der Waals surface area contributed by atoms with Crippen LogP contribution in [0.1, 0.15) is 35.4 Å². The van der Waals surface area contributed by atoms with E-state index in [0.29, 0.717) is 11.5 Å². The SMILES string of the molecule is CCCc1[nH]nc2c1[C@H](c1ccc(Br)s1)C(C#N)=C(N)O2. The number of halogens is 1. The first-order valence-electron chi connectivity index (χ1n) is 6.55. The molecule has 3 heterocycles. The van der Waals surface area contributed by atoms with E-state index in [0.717, 1.165) is 32.8 Å². The number of nitrogens with one attached hydrogen (secondary N) is 1. The van der Waals surface area contributed by atoms with Crippen LogP contribution in [-0.2, 0) is 6.42 Å². The third kappa shape index (κ3) is 2.34. The molecule has 1 aliphatic heterocycles. The minimum atomic E-state index is -0.213. The second-order valence-corrected chi connectivity index (χ2v) is 7.23. The van der Waals surface area contributed by atoms with Crippen molar-refractivity contribution < 1.29 is 4.74 Å². The number of rotatable bonds is 3. The number of aromatic nitrogens is 2. The van der Waals surface area contributed by atoms with E-state index in [1.54, 1.807) is 11.3 Å². The van der Waals surface area contributed by atoms with Gasteiger partial charge in [-0.1, -0.05) is 13.3 Å². The second kappa shape index (κ2) is 5.54. The zero-order valence-corrected chi connectivity index (χ0v) is 13.7. The lowest BCUT2D eigenvalue weighted by Crippen LogP contribution is -2.20. The third-order valence-corrected chi connectivity index (χ3v) is 5.08. The highest BCUT2D eigenvalue weighted by atomic mass is 79.9. The largest absolute Gasteiger partial charge is 0.420 e. The number of aromatic amines is 1. The van der Waals surface area contributed by atoms with Crippen LogP contribution >= 0.6 is 27.3 Å². The van der Waals surface area contributed by atoms with E-state index in [1.165, 1.54) is 0 Å². The molecule has 0 spiro atoms. The maximum atomic E-state index is 9.48. The molecule has 2 aromatic rings. The van der Waals surface area contributed by atoms with Crippen molar-refractivity contribution in [2.75, 3.05) is 0 Å². The van der Waals surface area contributed by atoms with E-state index >= 15 is 0 Å². The van der Waals surface area contributed by atoms with E-state index in [2.05, 4.69) is 39.1 Å². The number of thiophene rings is 1. The van der Waals surface area contributed by atoms with Crippen molar-refractivity contribution in [3.8, 4) is 11.9 Å². The van der Waals surface area contributed by atoms with Crippen LogP contribution in [-0.4, -0.2) is 10.2 Å². The number of hydrogen-bond acceptors (Lipinski definition) is 5. The van der Waals surface area contributed by atoms with Crippen molar-refractivity contribution in [1.29, 1.82) is 5.26 Å². The van der Waals surface area contributed by atoms with Gasteiger partial charge in [-0.3, -0.25) is 5.10 Å². The van der Waals surface area contributed by atoms with Crippen molar-refractivity contribution >= 4 is 27.3 Å². The van der Waals surface area contributed by atoms with Crippen LogP contribution in [0.3, 0.4) is 0 Å². The molecule has 1 atom stereocenters. The molecule has 21 heavy (non-hydrogen) atoms. The van der Waals surface area contributed by atoms with Gasteiger partial charge in [-0.05, 0) is 34.5 Å². The highest BCUT2D eigenvalue weighted by Gasteiger charge is 2.35. The predicted molar refractivity (Wildman–Crippen MR) is 83.9 cm³/mol. The van der Waals surface area contributed by atoms with Crippen LogP contribution < -0.4 is 10.5 Å². The first-order chi connectivity index (χ1) is 10.2. The number of nitrogens with zero attached hydrogens (tertiary/aromatic N) is 2. The molecule has 0 unspecified atom stereocenters. The molecule has 2 aromatic heterocycles. The van der Waals surface area contributed by atoms with Gasteiger partial charge in [-0.15, -0.1) is 16.4 Å². The lowest BCUT2D eigenvalue weighted by atomic mass is 9.88. The zero-order chi connectivity index (χ0) is 15.0. The first-order valence-corrected chi connectivity index (χ1v) is 8.16. The van der Waals surface area contributed by atoms with Crippen molar-refractivity contribution in [3.63, 3.8) is 0 Å². The Morgan fingerprint density at radius 2 is 2.38 bits per heavy atom. The average Bonchev–Trinajstić information content (AvgIpc) is 3.05. The van der Waals surface area contributed by atoms with Crippen molar-refractivity contribution in [2.45, 2.75) is 25.7 Å². The molecule has 108 valence electrons. The Bertz CT molecular complexity index is 755.